The Hall–Kier alpha value is -3.38. The summed E-state index contributed by atoms with van der Waals surface area (Å²) in [4.78, 5) is 37.0. The second kappa shape index (κ2) is 9.18. The molecule has 0 spiro atoms. The Morgan fingerprint density at radius 1 is 1.26 bits per heavy atom. The molecule has 2 heterocycles. The Balaban J connectivity index is 1.90. The molecule has 0 bridgehead atoms. The topological polar surface area (TPSA) is 130 Å². The van der Waals surface area contributed by atoms with Gasteiger partial charge in [-0.05, 0) is 6.42 Å². The van der Waals surface area contributed by atoms with Crippen molar-refractivity contribution in [3.8, 4) is 5.75 Å². The van der Waals surface area contributed by atoms with Crippen molar-refractivity contribution in [3.63, 3.8) is 0 Å². The number of amides is 2. The largest absolute Gasteiger partial charge is 0.503 e. The van der Waals surface area contributed by atoms with Crippen molar-refractivity contribution in [1.29, 1.82) is 0 Å². The highest BCUT2D eigenvalue weighted by atomic mass is 19.1. The molecule has 3 rings (SSSR count). The Kier molecular flexibility index (Phi) is 6.61. The molecule has 0 saturated carbocycles. The van der Waals surface area contributed by atoms with Crippen LogP contribution in [0.5, 0.6) is 5.75 Å². The summed E-state index contributed by atoms with van der Waals surface area (Å²) >= 11 is 0. The van der Waals surface area contributed by atoms with E-state index in [-0.39, 0.29) is 25.3 Å². The molecule has 1 aromatic heterocycles. The number of aromatic nitrogens is 1. The maximum atomic E-state index is 13.8. The van der Waals surface area contributed by atoms with Crippen LogP contribution in [0.3, 0.4) is 0 Å². The van der Waals surface area contributed by atoms with Crippen LogP contribution in [0, 0.1) is 17.5 Å². The minimum atomic E-state index is -1.22. The summed E-state index contributed by atoms with van der Waals surface area (Å²) < 4.78 is 46.6. The van der Waals surface area contributed by atoms with Crippen LogP contribution in [0.2, 0.25) is 0 Å². The maximum absolute atomic E-state index is 13.8. The molecule has 0 radical (unpaired) electrons. The molecule has 0 fully saturated rings. The number of halogens is 3. The minimum Gasteiger partial charge on any atom is -0.503 e. The van der Waals surface area contributed by atoms with Crippen molar-refractivity contribution in [2.24, 2.45) is 0 Å². The van der Waals surface area contributed by atoms with Crippen molar-refractivity contribution >= 4 is 11.8 Å². The molecule has 1 atom stereocenters. The molecule has 0 unspecified atom stereocenters. The summed E-state index contributed by atoms with van der Waals surface area (Å²) in [5, 5.41) is 23.6. The van der Waals surface area contributed by atoms with E-state index in [9.17, 15) is 32.7 Å². The van der Waals surface area contributed by atoms with Gasteiger partial charge in [-0.3, -0.25) is 14.4 Å². The molecule has 166 valence electrons. The highest BCUT2D eigenvalue weighted by molar-refractivity contribution is 5.99. The van der Waals surface area contributed by atoms with Gasteiger partial charge in [0, 0.05) is 37.0 Å². The van der Waals surface area contributed by atoms with Crippen LogP contribution in [-0.4, -0.2) is 46.5 Å². The number of hydrogen-bond donors (Lipinski definition) is 4. The summed E-state index contributed by atoms with van der Waals surface area (Å²) in [6.07, 6.45) is 1.33. The van der Waals surface area contributed by atoms with Gasteiger partial charge in [0.15, 0.2) is 11.4 Å². The predicted molar refractivity (Wildman–Crippen MR) is 98.9 cm³/mol. The fourth-order valence-corrected chi connectivity index (χ4v) is 3.22. The summed E-state index contributed by atoms with van der Waals surface area (Å²) in [5.74, 6) is -6.31. The number of carbonyl (C=O) groups is 2. The van der Waals surface area contributed by atoms with Crippen molar-refractivity contribution in [2.75, 3.05) is 19.9 Å². The van der Waals surface area contributed by atoms with Gasteiger partial charge in [-0.1, -0.05) is 0 Å². The molecule has 1 aliphatic rings. The molecular formula is C19H18F3N3O6. The highest BCUT2D eigenvalue weighted by Gasteiger charge is 2.31. The maximum Gasteiger partial charge on any atom is 0.272 e. The zero-order valence-corrected chi connectivity index (χ0v) is 16.0. The summed E-state index contributed by atoms with van der Waals surface area (Å²) in [6.45, 7) is -1.01. The second-order valence-corrected chi connectivity index (χ2v) is 6.70. The van der Waals surface area contributed by atoms with Gasteiger partial charge in [-0.25, -0.2) is 13.2 Å². The second-order valence-electron chi connectivity index (χ2n) is 6.70. The third-order valence-corrected chi connectivity index (χ3v) is 4.78. The number of aliphatic hydroxyl groups excluding tert-OH is 1. The van der Waals surface area contributed by atoms with Crippen LogP contribution in [-0.2, 0) is 11.3 Å². The van der Waals surface area contributed by atoms with Crippen molar-refractivity contribution in [3.05, 3.63) is 62.8 Å². The molecule has 1 aromatic carbocycles. The van der Waals surface area contributed by atoms with Crippen molar-refractivity contribution in [2.45, 2.75) is 19.0 Å². The van der Waals surface area contributed by atoms with E-state index in [4.69, 9.17) is 9.84 Å². The molecule has 2 aromatic rings. The van der Waals surface area contributed by atoms with Gasteiger partial charge >= 0.3 is 0 Å². The predicted octanol–water partition coefficient (Wildman–Crippen LogP) is 0.542. The molecule has 9 nitrogen and oxygen atoms in total. The van der Waals surface area contributed by atoms with E-state index in [1.807, 2.05) is 0 Å². The summed E-state index contributed by atoms with van der Waals surface area (Å²) in [7, 11) is 0. The standard InChI is InChI=1S/C19H18F3N3O6/c20-9-3-13(21)11(14(22)4-9)6-24-18(29)12-7-25-10(1-2-31-8-26)5-23-19(30)15(25)17(28)16(12)27/h3-4,7,10,26,28H,1-2,5-6,8H2,(H,23,30)(H,24,29)/t10-/m0/s1. The first kappa shape index (κ1) is 22.3. The Labute approximate surface area is 173 Å². The van der Waals surface area contributed by atoms with Crippen LogP contribution in [0.1, 0.15) is 38.9 Å². The van der Waals surface area contributed by atoms with Crippen LogP contribution in [0.25, 0.3) is 0 Å². The molecule has 31 heavy (non-hydrogen) atoms. The Morgan fingerprint density at radius 3 is 2.58 bits per heavy atom. The van der Waals surface area contributed by atoms with Gasteiger partial charge in [0.05, 0.1) is 12.6 Å². The smallest absolute Gasteiger partial charge is 0.272 e. The summed E-state index contributed by atoms with van der Waals surface area (Å²) in [5.41, 5.74) is -2.67. The number of rotatable bonds is 7. The normalized spacial score (nSPS) is 15.4. The Bertz CT molecular complexity index is 1070. The Morgan fingerprint density at radius 2 is 1.94 bits per heavy atom. The fraction of sp³-hybridized carbons (Fsp3) is 0.316. The molecule has 0 aliphatic carbocycles. The quantitative estimate of drug-likeness (QED) is 0.367. The average molecular weight is 441 g/mol. The number of aromatic hydroxyl groups is 1. The van der Waals surface area contributed by atoms with Crippen molar-refractivity contribution < 1.29 is 37.7 Å². The van der Waals surface area contributed by atoms with Crippen molar-refractivity contribution in [1.82, 2.24) is 15.2 Å². The lowest BCUT2D eigenvalue weighted by Crippen LogP contribution is -2.42. The van der Waals surface area contributed by atoms with E-state index in [0.29, 0.717) is 12.1 Å². The SMILES string of the molecule is O=C(NCc1c(F)cc(F)cc1F)c1cn2c(c(O)c1=O)C(=O)NC[C@@H]2CCOCO. The van der Waals surface area contributed by atoms with Gasteiger partial charge in [0.1, 0.15) is 29.8 Å². The van der Waals surface area contributed by atoms with E-state index < -0.39 is 71.0 Å². The number of benzene rings is 1. The number of ether oxygens (including phenoxy) is 1. The van der Waals surface area contributed by atoms with Crippen LogP contribution < -0.4 is 16.1 Å². The molecule has 12 heteroatoms. The van der Waals surface area contributed by atoms with Gasteiger partial charge in [-0.2, -0.15) is 0 Å². The lowest BCUT2D eigenvalue weighted by atomic mass is 10.1. The van der Waals surface area contributed by atoms with E-state index >= 15 is 0 Å². The number of fused-ring (bicyclic) bond motifs is 1. The minimum absolute atomic E-state index is 0.0913. The molecule has 2 amide bonds. The highest BCUT2D eigenvalue weighted by Crippen LogP contribution is 2.24. The number of hydrogen-bond acceptors (Lipinski definition) is 6. The summed E-state index contributed by atoms with van der Waals surface area (Å²) in [6, 6.07) is 0.383. The first-order chi connectivity index (χ1) is 14.7. The molecule has 4 N–H and O–H groups in total. The van der Waals surface area contributed by atoms with Gasteiger partial charge in [0.2, 0.25) is 5.43 Å². The molecular weight excluding hydrogens is 423 g/mol. The van der Waals surface area contributed by atoms with Crippen LogP contribution in [0.15, 0.2) is 23.1 Å². The third-order valence-electron chi connectivity index (χ3n) is 4.78. The van der Waals surface area contributed by atoms with Crippen LogP contribution in [0.4, 0.5) is 13.2 Å². The van der Waals surface area contributed by atoms with Crippen LogP contribution >= 0.6 is 0 Å². The number of aliphatic hydroxyl groups is 1. The number of nitrogens with one attached hydrogen (secondary N) is 2. The third kappa shape index (κ3) is 4.54. The number of pyridine rings is 1. The first-order valence-electron chi connectivity index (χ1n) is 9.11. The van der Waals surface area contributed by atoms with E-state index in [2.05, 4.69) is 10.6 Å². The van der Waals surface area contributed by atoms with E-state index in [1.165, 1.54) is 4.57 Å². The number of carbonyl (C=O) groups excluding carboxylic acids is 2. The molecule has 0 saturated heterocycles. The lowest BCUT2D eigenvalue weighted by molar-refractivity contribution is -0.00647. The zero-order valence-electron chi connectivity index (χ0n) is 16.0. The average Bonchev–Trinajstić information content (AvgIpc) is 2.71. The van der Waals surface area contributed by atoms with Gasteiger partial charge in [-0.15, -0.1) is 0 Å². The van der Waals surface area contributed by atoms with E-state index in [0.717, 1.165) is 6.20 Å². The van der Waals surface area contributed by atoms with E-state index in [1.54, 1.807) is 0 Å². The zero-order chi connectivity index (χ0) is 22.7. The number of nitrogens with zero attached hydrogens (tertiary/aromatic N) is 1. The van der Waals surface area contributed by atoms with Gasteiger partial charge in [0.25, 0.3) is 11.8 Å². The van der Waals surface area contributed by atoms with Gasteiger partial charge < -0.3 is 30.2 Å². The first-order valence-corrected chi connectivity index (χ1v) is 9.11. The lowest BCUT2D eigenvalue weighted by Gasteiger charge is -2.29. The molecule has 1 aliphatic heterocycles. The fourth-order valence-electron chi connectivity index (χ4n) is 3.22. The monoisotopic (exact) mass is 441 g/mol.